The number of anilines is 1. The van der Waals surface area contributed by atoms with E-state index in [1.54, 1.807) is 0 Å². The first-order valence-electron chi connectivity index (χ1n) is 6.45. The molecule has 1 N–H and O–H groups in total. The third-order valence-corrected chi connectivity index (χ3v) is 3.40. The Morgan fingerprint density at radius 1 is 1.50 bits per heavy atom. The standard InChI is InChI=1S/C13H22N4O/c1-9-7-11(8-14-3)16-13(15-9)17(4)12-5-6-18-10(12)2/h7,10,12,14H,5-6,8H2,1-4H3. The van der Waals surface area contributed by atoms with E-state index in [0.29, 0.717) is 6.04 Å². The van der Waals surface area contributed by atoms with Crippen LogP contribution in [0.15, 0.2) is 6.07 Å². The smallest absolute Gasteiger partial charge is 0.225 e. The van der Waals surface area contributed by atoms with Crippen molar-refractivity contribution in [3.8, 4) is 0 Å². The number of ether oxygens (including phenoxy) is 1. The van der Waals surface area contributed by atoms with E-state index in [9.17, 15) is 0 Å². The molecule has 18 heavy (non-hydrogen) atoms. The van der Waals surface area contributed by atoms with Gasteiger partial charge in [-0.05, 0) is 33.4 Å². The Hall–Kier alpha value is -1.20. The van der Waals surface area contributed by atoms with Gasteiger partial charge in [-0.15, -0.1) is 0 Å². The van der Waals surface area contributed by atoms with Crippen LogP contribution in [0.1, 0.15) is 24.7 Å². The second-order valence-electron chi connectivity index (χ2n) is 4.87. The SMILES string of the molecule is CNCc1cc(C)nc(N(C)C2CCOC2C)n1. The Kier molecular flexibility index (Phi) is 4.14. The van der Waals surface area contributed by atoms with Gasteiger partial charge in [0.2, 0.25) is 5.95 Å². The van der Waals surface area contributed by atoms with Gasteiger partial charge in [0.25, 0.3) is 0 Å². The van der Waals surface area contributed by atoms with Gasteiger partial charge in [-0.25, -0.2) is 9.97 Å². The van der Waals surface area contributed by atoms with Crippen molar-refractivity contribution in [3.63, 3.8) is 0 Å². The summed E-state index contributed by atoms with van der Waals surface area (Å²) in [7, 11) is 3.97. The first-order chi connectivity index (χ1) is 8.61. The zero-order chi connectivity index (χ0) is 13.1. The van der Waals surface area contributed by atoms with Crippen LogP contribution in [0.3, 0.4) is 0 Å². The maximum Gasteiger partial charge on any atom is 0.225 e. The highest BCUT2D eigenvalue weighted by Gasteiger charge is 2.29. The minimum atomic E-state index is 0.242. The van der Waals surface area contributed by atoms with E-state index in [0.717, 1.165) is 36.9 Å². The lowest BCUT2D eigenvalue weighted by Crippen LogP contribution is -2.38. The molecule has 1 fully saturated rings. The number of nitrogens with zero attached hydrogens (tertiary/aromatic N) is 3. The molecule has 0 bridgehead atoms. The molecule has 1 aliphatic rings. The summed E-state index contributed by atoms with van der Waals surface area (Å²) in [4.78, 5) is 11.3. The molecule has 0 aliphatic carbocycles. The fourth-order valence-corrected chi connectivity index (χ4v) is 2.42. The molecule has 2 heterocycles. The lowest BCUT2D eigenvalue weighted by atomic mass is 10.1. The van der Waals surface area contributed by atoms with Gasteiger partial charge in [0.05, 0.1) is 17.8 Å². The Morgan fingerprint density at radius 3 is 2.89 bits per heavy atom. The summed E-state index contributed by atoms with van der Waals surface area (Å²) in [5.74, 6) is 0.794. The van der Waals surface area contributed by atoms with Gasteiger partial charge < -0.3 is 15.0 Å². The largest absolute Gasteiger partial charge is 0.376 e. The van der Waals surface area contributed by atoms with Crippen LogP contribution in [0.4, 0.5) is 5.95 Å². The average Bonchev–Trinajstić information content (AvgIpc) is 2.74. The first-order valence-corrected chi connectivity index (χ1v) is 6.45. The minimum Gasteiger partial charge on any atom is -0.376 e. The Balaban J connectivity index is 2.21. The molecule has 0 aromatic carbocycles. The Morgan fingerprint density at radius 2 is 2.28 bits per heavy atom. The second kappa shape index (κ2) is 5.63. The molecule has 100 valence electrons. The van der Waals surface area contributed by atoms with E-state index in [4.69, 9.17) is 4.74 Å². The molecule has 2 unspecified atom stereocenters. The molecule has 1 saturated heterocycles. The van der Waals surface area contributed by atoms with Crippen LogP contribution in [-0.2, 0) is 11.3 Å². The third-order valence-electron chi connectivity index (χ3n) is 3.40. The molecule has 0 spiro atoms. The van der Waals surface area contributed by atoms with Crippen molar-refractivity contribution >= 4 is 5.95 Å². The van der Waals surface area contributed by atoms with E-state index in [1.165, 1.54) is 0 Å². The summed E-state index contributed by atoms with van der Waals surface area (Å²) >= 11 is 0. The molecular formula is C13H22N4O. The van der Waals surface area contributed by atoms with Crippen LogP contribution >= 0.6 is 0 Å². The van der Waals surface area contributed by atoms with Crippen LogP contribution in [0, 0.1) is 6.92 Å². The Labute approximate surface area is 109 Å². The van der Waals surface area contributed by atoms with Gasteiger partial charge in [0.1, 0.15) is 0 Å². The van der Waals surface area contributed by atoms with Crippen LogP contribution < -0.4 is 10.2 Å². The predicted molar refractivity (Wildman–Crippen MR) is 71.8 cm³/mol. The van der Waals surface area contributed by atoms with E-state index in [1.807, 2.05) is 27.1 Å². The van der Waals surface area contributed by atoms with Crippen LogP contribution in [0.25, 0.3) is 0 Å². The van der Waals surface area contributed by atoms with Gasteiger partial charge >= 0.3 is 0 Å². The lowest BCUT2D eigenvalue weighted by Gasteiger charge is -2.27. The van der Waals surface area contributed by atoms with Crippen molar-refractivity contribution in [2.75, 3.05) is 25.6 Å². The molecule has 0 radical (unpaired) electrons. The van der Waals surface area contributed by atoms with Crippen LogP contribution in [0.2, 0.25) is 0 Å². The van der Waals surface area contributed by atoms with Crippen molar-refractivity contribution in [2.45, 2.75) is 39.0 Å². The highest BCUT2D eigenvalue weighted by atomic mass is 16.5. The first kappa shape index (κ1) is 13.2. The van der Waals surface area contributed by atoms with E-state index < -0.39 is 0 Å². The summed E-state index contributed by atoms with van der Waals surface area (Å²) in [6.07, 6.45) is 1.28. The van der Waals surface area contributed by atoms with E-state index in [2.05, 4.69) is 27.1 Å². The topological polar surface area (TPSA) is 50.3 Å². The molecule has 0 amide bonds. The third kappa shape index (κ3) is 2.79. The fourth-order valence-electron chi connectivity index (χ4n) is 2.42. The molecule has 1 aliphatic heterocycles. The zero-order valence-electron chi connectivity index (χ0n) is 11.6. The summed E-state index contributed by atoms with van der Waals surface area (Å²) in [6, 6.07) is 2.39. The van der Waals surface area contributed by atoms with Gasteiger partial charge in [0, 0.05) is 25.9 Å². The highest BCUT2D eigenvalue weighted by Crippen LogP contribution is 2.22. The number of aromatic nitrogens is 2. The predicted octanol–water partition coefficient (Wildman–Crippen LogP) is 1.12. The quantitative estimate of drug-likeness (QED) is 0.868. The average molecular weight is 250 g/mol. The van der Waals surface area contributed by atoms with Gasteiger partial charge in [-0.1, -0.05) is 0 Å². The number of hydrogen-bond donors (Lipinski definition) is 1. The minimum absolute atomic E-state index is 0.242. The lowest BCUT2D eigenvalue weighted by molar-refractivity contribution is 0.118. The number of aryl methyl sites for hydroxylation is 1. The number of rotatable bonds is 4. The number of hydrogen-bond acceptors (Lipinski definition) is 5. The summed E-state index contributed by atoms with van der Waals surface area (Å²) in [5, 5.41) is 3.12. The van der Waals surface area contributed by atoms with E-state index in [-0.39, 0.29) is 6.10 Å². The van der Waals surface area contributed by atoms with Gasteiger partial charge in [0.15, 0.2) is 0 Å². The molecule has 1 aromatic heterocycles. The normalized spacial score (nSPS) is 23.3. The maximum atomic E-state index is 5.61. The summed E-state index contributed by atoms with van der Waals surface area (Å²) in [5.41, 5.74) is 2.03. The highest BCUT2D eigenvalue weighted by molar-refractivity contribution is 5.33. The molecule has 1 aromatic rings. The molecule has 2 rings (SSSR count). The van der Waals surface area contributed by atoms with Crippen molar-refractivity contribution < 1.29 is 4.74 Å². The van der Waals surface area contributed by atoms with Crippen molar-refractivity contribution in [1.82, 2.24) is 15.3 Å². The second-order valence-corrected chi connectivity index (χ2v) is 4.87. The van der Waals surface area contributed by atoms with Crippen molar-refractivity contribution in [2.24, 2.45) is 0 Å². The summed E-state index contributed by atoms with van der Waals surface area (Å²) < 4.78 is 5.61. The van der Waals surface area contributed by atoms with Gasteiger partial charge in [-0.3, -0.25) is 0 Å². The summed E-state index contributed by atoms with van der Waals surface area (Å²) in [6.45, 7) is 5.71. The molecular weight excluding hydrogens is 228 g/mol. The van der Waals surface area contributed by atoms with Crippen LogP contribution in [0.5, 0.6) is 0 Å². The van der Waals surface area contributed by atoms with E-state index >= 15 is 0 Å². The number of nitrogens with one attached hydrogen (secondary N) is 1. The molecule has 0 saturated carbocycles. The monoisotopic (exact) mass is 250 g/mol. The maximum absolute atomic E-state index is 5.61. The molecule has 5 heteroatoms. The van der Waals surface area contributed by atoms with Gasteiger partial charge in [-0.2, -0.15) is 0 Å². The Bertz CT molecular complexity index is 410. The molecule has 2 atom stereocenters. The van der Waals surface area contributed by atoms with Crippen molar-refractivity contribution in [3.05, 3.63) is 17.5 Å². The molecule has 5 nitrogen and oxygen atoms in total. The number of likely N-dealkylation sites (N-methyl/N-ethyl adjacent to an activating group) is 1. The zero-order valence-corrected chi connectivity index (χ0v) is 11.6. The van der Waals surface area contributed by atoms with Crippen molar-refractivity contribution in [1.29, 1.82) is 0 Å². The van der Waals surface area contributed by atoms with Crippen LogP contribution in [-0.4, -0.2) is 42.8 Å². The fraction of sp³-hybridized carbons (Fsp3) is 0.692.